The molecule has 2 N–H and O–H groups in total. The fourth-order valence-corrected chi connectivity index (χ4v) is 1.98. The van der Waals surface area contributed by atoms with E-state index in [-0.39, 0.29) is 6.61 Å². The molecule has 0 bridgehead atoms. The molecular weight excluding hydrogens is 176 g/mol. The molecule has 14 heavy (non-hydrogen) atoms. The largest absolute Gasteiger partial charge is 0.394 e. The number of aliphatic hydroxyl groups is 2. The number of rotatable bonds is 8. The van der Waals surface area contributed by atoms with Crippen LogP contribution in [-0.2, 0) is 0 Å². The molecule has 0 rings (SSSR count). The minimum absolute atomic E-state index is 0.0978. The van der Waals surface area contributed by atoms with E-state index in [1.165, 1.54) is 19.3 Å². The maximum Gasteiger partial charge on any atom is 0.0773 e. The predicted molar refractivity (Wildman–Crippen MR) is 60.2 cm³/mol. The fraction of sp³-hybridized carbons (Fsp3) is 1.00. The van der Waals surface area contributed by atoms with E-state index >= 15 is 0 Å². The van der Waals surface area contributed by atoms with Crippen LogP contribution in [0.5, 0.6) is 0 Å². The zero-order valence-corrected chi connectivity index (χ0v) is 9.87. The van der Waals surface area contributed by atoms with Gasteiger partial charge in [0.2, 0.25) is 0 Å². The highest BCUT2D eigenvalue weighted by atomic mass is 16.3. The monoisotopic (exact) mass is 202 g/mol. The summed E-state index contributed by atoms with van der Waals surface area (Å²) < 4.78 is 0. The van der Waals surface area contributed by atoms with Gasteiger partial charge in [-0.25, -0.2) is 0 Å². The topological polar surface area (TPSA) is 40.5 Å². The molecule has 0 aliphatic rings. The Morgan fingerprint density at radius 2 is 1.36 bits per heavy atom. The summed E-state index contributed by atoms with van der Waals surface area (Å²) in [4.78, 5) is 0. The SMILES string of the molecule is CCC(CC)CC(CC)CC(O)CO. The number of hydrogen-bond acceptors (Lipinski definition) is 2. The lowest BCUT2D eigenvalue weighted by Crippen LogP contribution is -2.19. The van der Waals surface area contributed by atoms with Crippen molar-refractivity contribution in [3.05, 3.63) is 0 Å². The van der Waals surface area contributed by atoms with E-state index in [9.17, 15) is 5.11 Å². The molecule has 0 heterocycles. The van der Waals surface area contributed by atoms with Crippen molar-refractivity contribution in [2.24, 2.45) is 11.8 Å². The van der Waals surface area contributed by atoms with Crippen molar-refractivity contribution in [3.8, 4) is 0 Å². The van der Waals surface area contributed by atoms with Crippen molar-refractivity contribution in [1.82, 2.24) is 0 Å². The van der Waals surface area contributed by atoms with Crippen LogP contribution in [-0.4, -0.2) is 22.9 Å². The zero-order chi connectivity index (χ0) is 11.0. The number of aliphatic hydroxyl groups excluding tert-OH is 2. The van der Waals surface area contributed by atoms with Crippen molar-refractivity contribution in [1.29, 1.82) is 0 Å². The summed E-state index contributed by atoms with van der Waals surface area (Å²) in [5.41, 5.74) is 0. The lowest BCUT2D eigenvalue weighted by Gasteiger charge is -2.22. The maximum absolute atomic E-state index is 9.37. The summed E-state index contributed by atoms with van der Waals surface area (Å²) >= 11 is 0. The van der Waals surface area contributed by atoms with E-state index in [1.807, 2.05) is 0 Å². The second-order valence-electron chi connectivity index (χ2n) is 4.26. The smallest absolute Gasteiger partial charge is 0.0773 e. The van der Waals surface area contributed by atoms with Crippen LogP contribution in [0.4, 0.5) is 0 Å². The van der Waals surface area contributed by atoms with E-state index in [0.29, 0.717) is 5.92 Å². The van der Waals surface area contributed by atoms with Crippen molar-refractivity contribution in [3.63, 3.8) is 0 Å². The van der Waals surface area contributed by atoms with Crippen LogP contribution in [0, 0.1) is 11.8 Å². The summed E-state index contributed by atoms with van der Waals surface area (Å²) in [5, 5.41) is 18.1. The fourth-order valence-electron chi connectivity index (χ4n) is 1.98. The van der Waals surface area contributed by atoms with Gasteiger partial charge >= 0.3 is 0 Å². The Bertz CT molecular complexity index is 121. The van der Waals surface area contributed by atoms with Gasteiger partial charge in [0.05, 0.1) is 12.7 Å². The van der Waals surface area contributed by atoms with Crippen molar-refractivity contribution in [2.75, 3.05) is 6.61 Å². The highest BCUT2D eigenvalue weighted by Crippen LogP contribution is 2.24. The molecule has 2 heteroatoms. The van der Waals surface area contributed by atoms with Gasteiger partial charge in [-0.1, -0.05) is 40.0 Å². The molecule has 0 aromatic rings. The number of hydrogen-bond donors (Lipinski definition) is 2. The summed E-state index contributed by atoms with van der Waals surface area (Å²) in [6.07, 6.45) is 4.98. The van der Waals surface area contributed by atoms with E-state index < -0.39 is 6.10 Å². The molecule has 0 saturated heterocycles. The summed E-state index contributed by atoms with van der Waals surface area (Å²) in [6.45, 7) is 6.52. The average molecular weight is 202 g/mol. The highest BCUT2D eigenvalue weighted by molar-refractivity contribution is 4.67. The lowest BCUT2D eigenvalue weighted by molar-refractivity contribution is 0.0691. The van der Waals surface area contributed by atoms with E-state index in [0.717, 1.165) is 18.8 Å². The minimum atomic E-state index is -0.519. The minimum Gasteiger partial charge on any atom is -0.394 e. The first-order chi connectivity index (χ1) is 6.67. The molecule has 0 amide bonds. The Morgan fingerprint density at radius 3 is 1.71 bits per heavy atom. The van der Waals surface area contributed by atoms with Gasteiger partial charge in [-0.3, -0.25) is 0 Å². The van der Waals surface area contributed by atoms with Crippen LogP contribution < -0.4 is 0 Å². The van der Waals surface area contributed by atoms with Gasteiger partial charge in [0.25, 0.3) is 0 Å². The van der Waals surface area contributed by atoms with Gasteiger partial charge in [-0.15, -0.1) is 0 Å². The quantitative estimate of drug-likeness (QED) is 0.635. The molecule has 0 saturated carbocycles. The molecule has 86 valence electrons. The van der Waals surface area contributed by atoms with Crippen molar-refractivity contribution < 1.29 is 10.2 Å². The molecule has 0 aliphatic carbocycles. The van der Waals surface area contributed by atoms with Gasteiger partial charge in [0.15, 0.2) is 0 Å². The van der Waals surface area contributed by atoms with E-state index in [1.54, 1.807) is 0 Å². The van der Waals surface area contributed by atoms with Crippen LogP contribution in [0.25, 0.3) is 0 Å². The normalized spacial score (nSPS) is 15.9. The second kappa shape index (κ2) is 8.25. The third-order valence-electron chi connectivity index (χ3n) is 3.21. The van der Waals surface area contributed by atoms with Gasteiger partial charge in [0.1, 0.15) is 0 Å². The summed E-state index contributed by atoms with van der Waals surface area (Å²) in [5.74, 6) is 1.35. The first-order valence-electron chi connectivity index (χ1n) is 5.96. The maximum atomic E-state index is 9.37. The third-order valence-corrected chi connectivity index (χ3v) is 3.21. The van der Waals surface area contributed by atoms with Crippen LogP contribution in [0.1, 0.15) is 52.9 Å². The molecule has 0 spiro atoms. The second-order valence-corrected chi connectivity index (χ2v) is 4.26. The molecule has 0 aliphatic heterocycles. The first kappa shape index (κ1) is 13.9. The Labute approximate surface area is 88.3 Å². The van der Waals surface area contributed by atoms with Gasteiger partial charge in [-0.05, 0) is 24.7 Å². The van der Waals surface area contributed by atoms with Gasteiger partial charge < -0.3 is 10.2 Å². The molecule has 0 aromatic heterocycles. The molecule has 2 nitrogen and oxygen atoms in total. The first-order valence-corrected chi connectivity index (χ1v) is 5.96. The zero-order valence-electron chi connectivity index (χ0n) is 9.87. The summed E-state index contributed by atoms with van der Waals surface area (Å²) in [6, 6.07) is 0. The van der Waals surface area contributed by atoms with E-state index in [2.05, 4.69) is 20.8 Å². The van der Waals surface area contributed by atoms with Crippen molar-refractivity contribution >= 4 is 0 Å². The molecule has 2 atom stereocenters. The van der Waals surface area contributed by atoms with Crippen LogP contribution >= 0.6 is 0 Å². The molecule has 2 unspecified atom stereocenters. The average Bonchev–Trinajstić information content (AvgIpc) is 2.23. The Balaban J connectivity index is 3.88. The van der Waals surface area contributed by atoms with Crippen LogP contribution in [0.3, 0.4) is 0 Å². The van der Waals surface area contributed by atoms with Gasteiger partial charge in [0, 0.05) is 0 Å². The Kier molecular flexibility index (Phi) is 8.20. The summed E-state index contributed by atoms with van der Waals surface area (Å²) in [7, 11) is 0. The van der Waals surface area contributed by atoms with E-state index in [4.69, 9.17) is 5.11 Å². The van der Waals surface area contributed by atoms with Crippen molar-refractivity contribution in [2.45, 2.75) is 59.0 Å². The van der Waals surface area contributed by atoms with Gasteiger partial charge in [-0.2, -0.15) is 0 Å². The predicted octanol–water partition coefficient (Wildman–Crippen LogP) is 2.58. The molecular formula is C12H26O2. The third kappa shape index (κ3) is 5.61. The molecule has 0 radical (unpaired) electrons. The highest BCUT2D eigenvalue weighted by Gasteiger charge is 2.15. The van der Waals surface area contributed by atoms with Crippen LogP contribution in [0.15, 0.2) is 0 Å². The lowest BCUT2D eigenvalue weighted by atomic mass is 9.86. The standard InChI is InChI=1S/C12H26O2/c1-4-10(5-2)7-11(6-3)8-12(14)9-13/h10-14H,4-9H2,1-3H3. The van der Waals surface area contributed by atoms with Crippen LogP contribution in [0.2, 0.25) is 0 Å². The Morgan fingerprint density at radius 1 is 0.857 bits per heavy atom. The Hall–Kier alpha value is -0.0800. The molecule has 0 fully saturated rings. The molecule has 0 aromatic carbocycles.